The van der Waals surface area contributed by atoms with Crippen molar-refractivity contribution in [2.24, 2.45) is 0 Å². The van der Waals surface area contributed by atoms with Crippen LogP contribution in [0.3, 0.4) is 0 Å². The van der Waals surface area contributed by atoms with Crippen LogP contribution < -0.4 is 10.6 Å². The Morgan fingerprint density at radius 1 is 1.12 bits per heavy atom. The van der Waals surface area contributed by atoms with Crippen molar-refractivity contribution >= 4 is 11.8 Å². The molecule has 0 saturated carbocycles. The molecule has 33 heavy (non-hydrogen) atoms. The monoisotopic (exact) mass is 446 g/mol. The molecule has 1 aliphatic heterocycles. The van der Waals surface area contributed by atoms with Gasteiger partial charge in [-0.25, -0.2) is 9.78 Å². The van der Waals surface area contributed by atoms with Crippen LogP contribution in [-0.2, 0) is 17.6 Å². The van der Waals surface area contributed by atoms with E-state index in [-0.39, 0.29) is 18.0 Å². The normalized spacial score (nSPS) is 20.0. The van der Waals surface area contributed by atoms with Gasteiger partial charge in [0, 0.05) is 44.4 Å². The number of rotatable bonds is 7. The number of pyridine rings is 1. The van der Waals surface area contributed by atoms with E-state index in [9.17, 15) is 4.79 Å². The Labute approximate surface area is 194 Å². The standard InChI is InChI=1S/C25H30N6O2/c1-33-15-14-30-16-20(18-8-3-2-4-9-18)22(17-30)27-25(32)28-24-19-10-7-11-21(19)29-31(24)23-12-5-6-13-26-23/h2-6,8-9,12-13,20,22H,7,10-11,14-17H2,1H3,(H2,27,28,32)/t20-,22+/m1/s1. The molecule has 2 aliphatic rings. The minimum Gasteiger partial charge on any atom is -0.383 e. The first-order valence-electron chi connectivity index (χ1n) is 11.6. The van der Waals surface area contributed by atoms with Gasteiger partial charge in [-0.2, -0.15) is 9.78 Å². The van der Waals surface area contributed by atoms with E-state index in [4.69, 9.17) is 9.84 Å². The van der Waals surface area contributed by atoms with Crippen molar-refractivity contribution in [3.05, 3.63) is 71.5 Å². The Morgan fingerprint density at radius 2 is 1.97 bits per heavy atom. The largest absolute Gasteiger partial charge is 0.383 e. The summed E-state index contributed by atoms with van der Waals surface area (Å²) < 4.78 is 7.03. The average molecular weight is 447 g/mol. The van der Waals surface area contributed by atoms with Crippen LogP contribution in [0.2, 0.25) is 0 Å². The molecule has 2 N–H and O–H groups in total. The van der Waals surface area contributed by atoms with Gasteiger partial charge in [-0.05, 0) is 37.0 Å². The van der Waals surface area contributed by atoms with Gasteiger partial charge >= 0.3 is 6.03 Å². The molecular formula is C25H30N6O2. The number of nitrogens with zero attached hydrogens (tertiary/aromatic N) is 4. The zero-order chi connectivity index (χ0) is 22.6. The first-order valence-corrected chi connectivity index (χ1v) is 11.6. The smallest absolute Gasteiger partial charge is 0.320 e. The number of anilines is 1. The van der Waals surface area contributed by atoms with Crippen molar-refractivity contribution in [2.75, 3.05) is 38.7 Å². The molecule has 3 aromatic rings. The third-order valence-corrected chi connectivity index (χ3v) is 6.56. The van der Waals surface area contributed by atoms with Gasteiger partial charge < -0.3 is 10.1 Å². The molecular weight excluding hydrogens is 416 g/mol. The maximum Gasteiger partial charge on any atom is 0.320 e. The summed E-state index contributed by atoms with van der Waals surface area (Å²) in [6, 6.07) is 15.9. The highest BCUT2D eigenvalue weighted by atomic mass is 16.5. The summed E-state index contributed by atoms with van der Waals surface area (Å²) >= 11 is 0. The molecule has 2 aromatic heterocycles. The van der Waals surface area contributed by atoms with Gasteiger partial charge in [0.05, 0.1) is 18.3 Å². The van der Waals surface area contributed by atoms with Gasteiger partial charge in [0.15, 0.2) is 5.82 Å². The van der Waals surface area contributed by atoms with Crippen LogP contribution in [0.25, 0.3) is 5.82 Å². The number of hydrogen-bond donors (Lipinski definition) is 2. The van der Waals surface area contributed by atoms with E-state index in [0.29, 0.717) is 12.4 Å². The van der Waals surface area contributed by atoms with E-state index in [0.717, 1.165) is 56.0 Å². The minimum absolute atomic E-state index is 0.00327. The molecule has 1 saturated heterocycles. The van der Waals surface area contributed by atoms with Crippen molar-refractivity contribution in [3.63, 3.8) is 0 Å². The summed E-state index contributed by atoms with van der Waals surface area (Å²) in [5.74, 6) is 1.65. The van der Waals surface area contributed by atoms with Crippen LogP contribution in [0.5, 0.6) is 0 Å². The minimum atomic E-state index is -0.207. The lowest BCUT2D eigenvalue weighted by atomic mass is 9.94. The molecule has 1 fully saturated rings. The third-order valence-electron chi connectivity index (χ3n) is 6.56. The topological polar surface area (TPSA) is 84.3 Å². The first-order chi connectivity index (χ1) is 16.2. The van der Waals surface area contributed by atoms with Crippen LogP contribution >= 0.6 is 0 Å². The highest BCUT2D eigenvalue weighted by Crippen LogP contribution is 2.31. The lowest BCUT2D eigenvalue weighted by Gasteiger charge is -2.21. The predicted molar refractivity (Wildman–Crippen MR) is 127 cm³/mol. The van der Waals surface area contributed by atoms with Crippen molar-refractivity contribution in [3.8, 4) is 5.82 Å². The number of nitrogens with one attached hydrogen (secondary N) is 2. The molecule has 3 heterocycles. The zero-order valence-electron chi connectivity index (χ0n) is 18.9. The van der Waals surface area contributed by atoms with Crippen molar-refractivity contribution in [1.29, 1.82) is 0 Å². The highest BCUT2D eigenvalue weighted by molar-refractivity contribution is 5.90. The molecule has 0 spiro atoms. The molecule has 1 aliphatic carbocycles. The molecule has 172 valence electrons. The number of aromatic nitrogens is 3. The number of fused-ring (bicyclic) bond motifs is 1. The predicted octanol–water partition coefficient (Wildman–Crippen LogP) is 2.99. The second-order valence-corrected chi connectivity index (χ2v) is 8.70. The molecule has 8 nitrogen and oxygen atoms in total. The number of benzene rings is 1. The molecule has 0 radical (unpaired) electrons. The molecule has 0 unspecified atom stereocenters. The summed E-state index contributed by atoms with van der Waals surface area (Å²) in [6.45, 7) is 3.20. The summed E-state index contributed by atoms with van der Waals surface area (Å²) in [4.78, 5) is 20.0. The van der Waals surface area contributed by atoms with Gasteiger partial charge in [0.2, 0.25) is 0 Å². The van der Waals surface area contributed by atoms with Gasteiger partial charge in [-0.3, -0.25) is 10.2 Å². The molecule has 2 amide bonds. The Kier molecular flexibility index (Phi) is 6.37. The van der Waals surface area contributed by atoms with E-state index >= 15 is 0 Å². The fraction of sp³-hybridized carbons (Fsp3) is 0.400. The Hall–Kier alpha value is -3.23. The van der Waals surface area contributed by atoms with Crippen molar-refractivity contribution in [1.82, 2.24) is 25.0 Å². The maximum atomic E-state index is 13.2. The number of methoxy groups -OCH3 is 1. The van der Waals surface area contributed by atoms with Crippen molar-refractivity contribution in [2.45, 2.75) is 31.2 Å². The fourth-order valence-corrected chi connectivity index (χ4v) is 4.95. The number of urea groups is 1. The van der Waals surface area contributed by atoms with Crippen LogP contribution in [-0.4, -0.2) is 65.1 Å². The molecule has 0 bridgehead atoms. The number of likely N-dealkylation sites (tertiary alicyclic amines) is 1. The van der Waals surface area contributed by atoms with E-state index in [2.05, 4.69) is 44.8 Å². The summed E-state index contributed by atoms with van der Waals surface area (Å²) in [7, 11) is 1.72. The van der Waals surface area contributed by atoms with Crippen LogP contribution in [0.15, 0.2) is 54.7 Å². The zero-order valence-corrected chi connectivity index (χ0v) is 18.9. The molecule has 5 rings (SSSR count). The van der Waals surface area contributed by atoms with Crippen LogP contribution in [0.4, 0.5) is 10.6 Å². The lowest BCUT2D eigenvalue weighted by molar-refractivity contribution is 0.159. The number of ether oxygens (including phenoxy) is 1. The molecule has 2 atom stereocenters. The van der Waals surface area contributed by atoms with Crippen molar-refractivity contribution < 1.29 is 9.53 Å². The third kappa shape index (κ3) is 4.62. The summed E-state index contributed by atoms with van der Waals surface area (Å²) in [6.07, 6.45) is 4.64. The van der Waals surface area contributed by atoms with Gasteiger partial charge in [-0.1, -0.05) is 36.4 Å². The number of carbonyl (C=O) groups excluding carboxylic acids is 1. The van der Waals surface area contributed by atoms with E-state index in [1.165, 1.54) is 5.56 Å². The quantitative estimate of drug-likeness (QED) is 0.583. The molecule has 8 heteroatoms. The van der Waals surface area contributed by atoms with Crippen LogP contribution in [0, 0.1) is 0 Å². The SMILES string of the molecule is COCCN1C[C@H](NC(=O)Nc2c3c(nn2-c2ccccn2)CCC3)[C@@H](c2ccccc2)C1. The van der Waals surface area contributed by atoms with E-state index < -0.39 is 0 Å². The second kappa shape index (κ2) is 9.72. The number of amides is 2. The average Bonchev–Trinajstić information content (AvgIpc) is 3.55. The van der Waals surface area contributed by atoms with Crippen LogP contribution in [0.1, 0.15) is 29.2 Å². The fourth-order valence-electron chi connectivity index (χ4n) is 4.95. The highest BCUT2D eigenvalue weighted by Gasteiger charge is 2.35. The number of carbonyl (C=O) groups is 1. The van der Waals surface area contributed by atoms with Gasteiger partial charge in [-0.15, -0.1) is 0 Å². The Morgan fingerprint density at radius 3 is 2.76 bits per heavy atom. The number of hydrogen-bond acceptors (Lipinski definition) is 5. The van der Waals surface area contributed by atoms with Gasteiger partial charge in [0.25, 0.3) is 0 Å². The Bertz CT molecular complexity index is 1090. The Balaban J connectivity index is 1.35. The van der Waals surface area contributed by atoms with E-state index in [1.807, 2.05) is 24.3 Å². The summed E-state index contributed by atoms with van der Waals surface area (Å²) in [5.41, 5.74) is 3.40. The second-order valence-electron chi connectivity index (χ2n) is 8.70. The number of aryl methyl sites for hydroxylation is 1. The first kappa shape index (κ1) is 21.6. The molecule has 1 aromatic carbocycles. The van der Waals surface area contributed by atoms with Gasteiger partial charge in [0.1, 0.15) is 5.82 Å². The summed E-state index contributed by atoms with van der Waals surface area (Å²) in [5, 5.41) is 11.1. The lowest BCUT2D eigenvalue weighted by Crippen LogP contribution is -2.42. The maximum absolute atomic E-state index is 13.2. The van der Waals surface area contributed by atoms with E-state index in [1.54, 1.807) is 18.0 Å².